The number of nitrogens with one attached hydrogen (secondary N) is 2. The molecule has 10 heteroatoms. The van der Waals surface area contributed by atoms with Crippen molar-refractivity contribution < 1.29 is 38.2 Å². The number of anilines is 2. The van der Waals surface area contributed by atoms with E-state index in [1.807, 2.05) is 20.8 Å². The number of hydrogen-bond donors (Lipinski definition) is 2. The van der Waals surface area contributed by atoms with E-state index in [9.17, 15) is 24.0 Å². The van der Waals surface area contributed by atoms with Crippen LogP contribution in [-0.4, -0.2) is 49.5 Å². The average Bonchev–Trinajstić information content (AvgIpc) is 2.88. The summed E-state index contributed by atoms with van der Waals surface area (Å²) in [5.74, 6) is -2.36. The topological polar surface area (TPSA) is 137 Å². The maximum absolute atomic E-state index is 12.1. The molecule has 10 nitrogen and oxygen atoms in total. The summed E-state index contributed by atoms with van der Waals surface area (Å²) in [6, 6.07) is 12.3. The summed E-state index contributed by atoms with van der Waals surface area (Å²) >= 11 is 0. The van der Waals surface area contributed by atoms with E-state index in [0.717, 1.165) is 6.42 Å². The molecule has 0 unspecified atom stereocenters. The van der Waals surface area contributed by atoms with Crippen molar-refractivity contribution in [3.8, 4) is 0 Å². The Morgan fingerprint density at radius 3 is 1.73 bits per heavy atom. The second-order valence-electron chi connectivity index (χ2n) is 8.54. The summed E-state index contributed by atoms with van der Waals surface area (Å²) in [5.41, 5.74) is 1.61. The van der Waals surface area contributed by atoms with Gasteiger partial charge in [0.05, 0.1) is 30.8 Å². The Kier molecular flexibility index (Phi) is 11.8. The molecule has 2 N–H and O–H groups in total. The summed E-state index contributed by atoms with van der Waals surface area (Å²) in [6.45, 7) is 5.89. The summed E-state index contributed by atoms with van der Waals surface area (Å²) in [5, 5.41) is 5.17. The van der Waals surface area contributed by atoms with Crippen LogP contribution in [0.4, 0.5) is 11.4 Å². The quantitative estimate of drug-likeness (QED) is 0.304. The third-order valence-corrected chi connectivity index (χ3v) is 4.71. The van der Waals surface area contributed by atoms with Gasteiger partial charge in [-0.05, 0) is 60.9 Å². The van der Waals surface area contributed by atoms with Crippen LogP contribution in [0.15, 0.2) is 48.5 Å². The van der Waals surface area contributed by atoms with E-state index in [1.54, 1.807) is 12.1 Å². The molecule has 0 saturated heterocycles. The van der Waals surface area contributed by atoms with Crippen LogP contribution >= 0.6 is 0 Å². The zero-order chi connectivity index (χ0) is 27.2. The summed E-state index contributed by atoms with van der Waals surface area (Å²) < 4.78 is 15.1. The molecule has 0 saturated carbocycles. The van der Waals surface area contributed by atoms with Gasteiger partial charge in [0.25, 0.3) is 5.91 Å². The Hall–Kier alpha value is -4.21. The van der Waals surface area contributed by atoms with E-state index in [-0.39, 0.29) is 18.8 Å². The predicted molar refractivity (Wildman–Crippen MR) is 136 cm³/mol. The van der Waals surface area contributed by atoms with Gasteiger partial charge in [0, 0.05) is 17.8 Å². The van der Waals surface area contributed by atoms with E-state index in [4.69, 9.17) is 14.2 Å². The van der Waals surface area contributed by atoms with E-state index in [0.29, 0.717) is 35.7 Å². The number of carbonyl (C=O) groups excluding carboxylic acids is 5. The van der Waals surface area contributed by atoms with Gasteiger partial charge < -0.3 is 24.8 Å². The van der Waals surface area contributed by atoms with Crippen molar-refractivity contribution in [2.45, 2.75) is 40.0 Å². The van der Waals surface area contributed by atoms with Gasteiger partial charge in [0.1, 0.15) is 0 Å². The molecule has 2 aromatic rings. The minimum Gasteiger partial charge on any atom is -0.462 e. The van der Waals surface area contributed by atoms with Crippen molar-refractivity contribution in [1.29, 1.82) is 0 Å². The van der Waals surface area contributed by atoms with Crippen molar-refractivity contribution >= 4 is 41.1 Å². The third kappa shape index (κ3) is 10.9. The molecule has 0 bridgehead atoms. The third-order valence-electron chi connectivity index (χ3n) is 4.71. The lowest BCUT2D eigenvalue weighted by molar-refractivity contribution is -0.147. The highest BCUT2D eigenvalue weighted by Crippen LogP contribution is 2.13. The van der Waals surface area contributed by atoms with Crippen LogP contribution in [0.5, 0.6) is 0 Å². The van der Waals surface area contributed by atoms with E-state index in [1.165, 1.54) is 36.4 Å². The van der Waals surface area contributed by atoms with Crippen LogP contribution in [0.1, 0.15) is 60.7 Å². The summed E-state index contributed by atoms with van der Waals surface area (Å²) in [6.07, 6.45) is 0.363. The molecule has 0 aromatic heterocycles. The standard InChI is InChI=1S/C27H32N2O8/c1-4-15-35-26(33)19-5-9-21(10-6-19)28-23(30)13-14-25(32)36-17-24(31)29-22-11-7-20(8-12-22)27(34)37-16-18(2)3/h5-12,18H,4,13-17H2,1-3H3,(H,28,30)(H,29,31). The molecule has 0 radical (unpaired) electrons. The van der Waals surface area contributed by atoms with Crippen LogP contribution in [-0.2, 0) is 28.6 Å². The summed E-state index contributed by atoms with van der Waals surface area (Å²) in [7, 11) is 0. The minimum absolute atomic E-state index is 0.144. The number of hydrogen-bond acceptors (Lipinski definition) is 8. The van der Waals surface area contributed by atoms with Gasteiger partial charge in [-0.1, -0.05) is 20.8 Å². The highest BCUT2D eigenvalue weighted by molar-refractivity contribution is 5.96. The molecule has 0 aliphatic carbocycles. The van der Waals surface area contributed by atoms with Gasteiger partial charge in [0.2, 0.25) is 5.91 Å². The Labute approximate surface area is 215 Å². The molecule has 37 heavy (non-hydrogen) atoms. The molecule has 0 spiro atoms. The lowest BCUT2D eigenvalue weighted by Crippen LogP contribution is -2.22. The first-order chi connectivity index (χ1) is 17.7. The summed E-state index contributed by atoms with van der Waals surface area (Å²) in [4.78, 5) is 59.8. The van der Waals surface area contributed by atoms with Crippen LogP contribution < -0.4 is 10.6 Å². The molecule has 0 fully saturated rings. The molecule has 2 rings (SSSR count). The Morgan fingerprint density at radius 1 is 0.703 bits per heavy atom. The van der Waals surface area contributed by atoms with Crippen LogP contribution in [0, 0.1) is 5.92 Å². The molecule has 0 aliphatic heterocycles. The maximum atomic E-state index is 12.1. The zero-order valence-electron chi connectivity index (χ0n) is 21.2. The monoisotopic (exact) mass is 512 g/mol. The number of ether oxygens (including phenoxy) is 3. The molecule has 2 aromatic carbocycles. The number of esters is 3. The lowest BCUT2D eigenvalue weighted by atomic mass is 10.2. The first kappa shape index (κ1) is 29.0. The van der Waals surface area contributed by atoms with Crippen LogP contribution in [0.2, 0.25) is 0 Å². The molecular weight excluding hydrogens is 480 g/mol. The zero-order valence-corrected chi connectivity index (χ0v) is 21.2. The Morgan fingerprint density at radius 2 is 1.22 bits per heavy atom. The molecule has 0 aliphatic rings. The van der Waals surface area contributed by atoms with Crippen LogP contribution in [0.25, 0.3) is 0 Å². The van der Waals surface area contributed by atoms with Gasteiger partial charge in [0.15, 0.2) is 6.61 Å². The average molecular weight is 513 g/mol. The second kappa shape index (κ2) is 15.0. The van der Waals surface area contributed by atoms with Crippen molar-refractivity contribution in [2.75, 3.05) is 30.5 Å². The van der Waals surface area contributed by atoms with Crippen molar-refractivity contribution in [3.05, 3.63) is 59.7 Å². The van der Waals surface area contributed by atoms with Crippen molar-refractivity contribution in [3.63, 3.8) is 0 Å². The highest BCUT2D eigenvalue weighted by Gasteiger charge is 2.13. The number of rotatable bonds is 13. The van der Waals surface area contributed by atoms with Gasteiger partial charge in [-0.15, -0.1) is 0 Å². The smallest absolute Gasteiger partial charge is 0.338 e. The van der Waals surface area contributed by atoms with Crippen LogP contribution in [0.3, 0.4) is 0 Å². The van der Waals surface area contributed by atoms with Gasteiger partial charge in [-0.2, -0.15) is 0 Å². The maximum Gasteiger partial charge on any atom is 0.338 e. The number of benzene rings is 2. The van der Waals surface area contributed by atoms with Crippen molar-refractivity contribution in [1.82, 2.24) is 0 Å². The second-order valence-corrected chi connectivity index (χ2v) is 8.54. The van der Waals surface area contributed by atoms with Crippen molar-refractivity contribution in [2.24, 2.45) is 5.92 Å². The minimum atomic E-state index is -0.706. The lowest BCUT2D eigenvalue weighted by Gasteiger charge is -2.09. The highest BCUT2D eigenvalue weighted by atomic mass is 16.5. The predicted octanol–water partition coefficient (Wildman–Crippen LogP) is 3.97. The SMILES string of the molecule is CCCOC(=O)c1ccc(NC(=O)CCC(=O)OCC(=O)Nc2ccc(C(=O)OCC(C)C)cc2)cc1. The largest absolute Gasteiger partial charge is 0.462 e. The fraction of sp³-hybridized carbons (Fsp3) is 0.370. The first-order valence-corrected chi connectivity index (χ1v) is 12.0. The van der Waals surface area contributed by atoms with Gasteiger partial charge in [-0.3, -0.25) is 14.4 Å². The number of carbonyl (C=O) groups is 5. The van der Waals surface area contributed by atoms with Gasteiger partial charge >= 0.3 is 17.9 Å². The first-order valence-electron chi connectivity index (χ1n) is 12.0. The Balaban J connectivity index is 1.68. The van der Waals surface area contributed by atoms with E-state index < -0.39 is 36.3 Å². The molecule has 198 valence electrons. The number of amides is 2. The normalized spacial score (nSPS) is 10.4. The fourth-order valence-electron chi connectivity index (χ4n) is 2.84. The van der Waals surface area contributed by atoms with E-state index in [2.05, 4.69) is 10.6 Å². The van der Waals surface area contributed by atoms with E-state index >= 15 is 0 Å². The fourth-order valence-corrected chi connectivity index (χ4v) is 2.84. The van der Waals surface area contributed by atoms with Gasteiger partial charge in [-0.25, -0.2) is 9.59 Å². The molecule has 0 atom stereocenters. The molecular formula is C27H32N2O8. The Bertz CT molecular complexity index is 1080. The molecule has 0 heterocycles. The molecule has 2 amide bonds.